The van der Waals surface area contributed by atoms with Gasteiger partial charge in [0.2, 0.25) is 0 Å². The molecule has 38 heavy (non-hydrogen) atoms. The van der Waals surface area contributed by atoms with Crippen molar-refractivity contribution in [2.75, 3.05) is 31.5 Å². The molecule has 10 nitrogen and oxygen atoms in total. The molecule has 0 amide bonds. The SMILES string of the molecule is CNc1c([N+](=O)[O-])ncc(Oc2ccnc(N(Cc3ccc(OC)cc3)Cc3ccc(OC)cc3)c2)c1Cl. The van der Waals surface area contributed by atoms with Gasteiger partial charge in [-0.05, 0) is 51.4 Å². The molecule has 0 saturated carbocycles. The number of anilines is 2. The molecule has 0 aliphatic rings. The molecule has 0 saturated heterocycles. The fraction of sp³-hybridized carbons (Fsp3) is 0.185. The zero-order valence-corrected chi connectivity index (χ0v) is 21.8. The molecule has 2 aromatic carbocycles. The highest BCUT2D eigenvalue weighted by atomic mass is 35.5. The minimum absolute atomic E-state index is 0.0564. The summed E-state index contributed by atoms with van der Waals surface area (Å²) in [6.07, 6.45) is 2.86. The van der Waals surface area contributed by atoms with Gasteiger partial charge in [0.05, 0.1) is 14.2 Å². The van der Waals surface area contributed by atoms with Crippen LogP contribution in [0, 0.1) is 10.1 Å². The number of nitrogens with one attached hydrogen (secondary N) is 1. The Hall–Kier alpha value is -4.57. The second kappa shape index (κ2) is 12.1. The van der Waals surface area contributed by atoms with Gasteiger partial charge in [-0.15, -0.1) is 0 Å². The van der Waals surface area contributed by atoms with Crippen LogP contribution in [0.4, 0.5) is 17.3 Å². The predicted molar refractivity (Wildman–Crippen MR) is 146 cm³/mol. The first-order chi connectivity index (χ1) is 18.4. The molecule has 4 aromatic rings. The lowest BCUT2D eigenvalue weighted by Gasteiger charge is -2.25. The number of rotatable bonds is 11. The van der Waals surface area contributed by atoms with E-state index in [2.05, 4.69) is 20.2 Å². The third kappa shape index (κ3) is 6.22. The number of benzene rings is 2. The highest BCUT2D eigenvalue weighted by Crippen LogP contribution is 2.39. The van der Waals surface area contributed by atoms with Crippen molar-refractivity contribution in [1.82, 2.24) is 9.97 Å². The Morgan fingerprint density at radius 2 is 1.50 bits per heavy atom. The van der Waals surface area contributed by atoms with Crippen molar-refractivity contribution in [1.29, 1.82) is 0 Å². The number of methoxy groups -OCH3 is 2. The van der Waals surface area contributed by atoms with Crippen LogP contribution in [0.3, 0.4) is 0 Å². The van der Waals surface area contributed by atoms with Crippen LogP contribution < -0.4 is 24.4 Å². The molecule has 11 heteroatoms. The molecule has 4 rings (SSSR count). The molecule has 1 N–H and O–H groups in total. The summed E-state index contributed by atoms with van der Waals surface area (Å²) in [5.74, 6) is 2.45. The molecule has 2 aromatic heterocycles. The van der Waals surface area contributed by atoms with Crippen molar-refractivity contribution in [3.05, 3.63) is 99.3 Å². The van der Waals surface area contributed by atoms with Crippen LogP contribution in [0.1, 0.15) is 11.1 Å². The Labute approximate surface area is 224 Å². The first-order valence-corrected chi connectivity index (χ1v) is 11.9. The molecule has 0 aliphatic heterocycles. The van der Waals surface area contributed by atoms with Gasteiger partial charge < -0.3 is 34.5 Å². The quantitative estimate of drug-likeness (QED) is 0.180. The van der Waals surface area contributed by atoms with Crippen molar-refractivity contribution < 1.29 is 19.1 Å². The maximum Gasteiger partial charge on any atom is 0.388 e. The van der Waals surface area contributed by atoms with Gasteiger partial charge in [-0.25, -0.2) is 4.98 Å². The lowest BCUT2D eigenvalue weighted by molar-refractivity contribution is -0.388. The van der Waals surface area contributed by atoms with Crippen molar-refractivity contribution in [3.8, 4) is 23.0 Å². The van der Waals surface area contributed by atoms with Crippen molar-refractivity contribution >= 4 is 28.9 Å². The summed E-state index contributed by atoms with van der Waals surface area (Å²) >= 11 is 6.40. The van der Waals surface area contributed by atoms with E-state index in [9.17, 15) is 10.1 Å². The van der Waals surface area contributed by atoms with Gasteiger partial charge in [0.25, 0.3) is 0 Å². The Morgan fingerprint density at radius 1 is 0.921 bits per heavy atom. The van der Waals surface area contributed by atoms with Crippen molar-refractivity contribution in [3.63, 3.8) is 0 Å². The van der Waals surface area contributed by atoms with Crippen LogP contribution in [0.2, 0.25) is 5.02 Å². The fourth-order valence-corrected chi connectivity index (χ4v) is 4.04. The van der Waals surface area contributed by atoms with Crippen LogP contribution in [0.25, 0.3) is 0 Å². The first-order valence-electron chi connectivity index (χ1n) is 11.6. The third-order valence-corrected chi connectivity index (χ3v) is 6.10. The molecule has 0 spiro atoms. The second-order valence-corrected chi connectivity index (χ2v) is 8.52. The van der Waals surface area contributed by atoms with Gasteiger partial charge in [0, 0.05) is 32.4 Å². The highest BCUT2D eigenvalue weighted by molar-refractivity contribution is 6.35. The summed E-state index contributed by atoms with van der Waals surface area (Å²) in [6.45, 7) is 1.13. The number of halogens is 1. The lowest BCUT2D eigenvalue weighted by Crippen LogP contribution is -2.23. The van der Waals surface area contributed by atoms with E-state index < -0.39 is 4.92 Å². The predicted octanol–water partition coefficient (Wildman–Crippen LogP) is 6.10. The summed E-state index contributed by atoms with van der Waals surface area (Å²) in [6, 6.07) is 19.1. The summed E-state index contributed by atoms with van der Waals surface area (Å²) in [5.41, 5.74) is 2.20. The maximum absolute atomic E-state index is 11.3. The molecule has 0 aliphatic carbocycles. The van der Waals surface area contributed by atoms with E-state index in [4.69, 9.17) is 25.8 Å². The first kappa shape index (κ1) is 26.5. The van der Waals surface area contributed by atoms with E-state index in [0.29, 0.717) is 24.7 Å². The fourth-order valence-electron chi connectivity index (χ4n) is 3.78. The number of nitrogens with zero attached hydrogens (tertiary/aromatic N) is 4. The summed E-state index contributed by atoms with van der Waals surface area (Å²) < 4.78 is 16.5. The van der Waals surface area contributed by atoms with E-state index in [0.717, 1.165) is 22.6 Å². The third-order valence-electron chi connectivity index (χ3n) is 5.72. The van der Waals surface area contributed by atoms with Crippen LogP contribution in [0.5, 0.6) is 23.0 Å². The lowest BCUT2D eigenvalue weighted by atomic mass is 10.1. The maximum atomic E-state index is 11.3. The molecule has 0 radical (unpaired) electrons. The summed E-state index contributed by atoms with van der Waals surface area (Å²) in [7, 11) is 4.79. The zero-order chi connectivity index (χ0) is 27.1. The van der Waals surface area contributed by atoms with Crippen LogP contribution >= 0.6 is 11.6 Å². The zero-order valence-electron chi connectivity index (χ0n) is 21.1. The van der Waals surface area contributed by atoms with Gasteiger partial charge >= 0.3 is 5.82 Å². The topological polar surface area (TPSA) is 112 Å². The second-order valence-electron chi connectivity index (χ2n) is 8.15. The minimum atomic E-state index is -0.609. The number of aromatic nitrogens is 2. The largest absolute Gasteiger partial charge is 0.497 e. The average molecular weight is 536 g/mol. The Morgan fingerprint density at radius 3 is 2.00 bits per heavy atom. The Balaban J connectivity index is 1.64. The number of ether oxygens (including phenoxy) is 3. The summed E-state index contributed by atoms with van der Waals surface area (Å²) in [4.78, 5) is 21.2. The number of pyridine rings is 2. The van der Waals surface area contributed by atoms with Crippen molar-refractivity contribution in [2.45, 2.75) is 13.1 Å². The standard InChI is InChI=1S/C27H26ClN5O5/c1-29-26-25(28)23(15-31-27(26)33(34)35)38-22-12-13-30-24(14-22)32(16-18-4-8-20(36-2)9-5-18)17-19-6-10-21(37-3)11-7-19/h4-15,29H,16-17H2,1-3H3. The molecular formula is C27H26ClN5O5. The molecular weight excluding hydrogens is 510 g/mol. The van der Waals surface area contributed by atoms with E-state index >= 15 is 0 Å². The number of hydrogen-bond acceptors (Lipinski definition) is 9. The van der Waals surface area contributed by atoms with Crippen LogP contribution in [0.15, 0.2) is 73.1 Å². The van der Waals surface area contributed by atoms with Gasteiger partial charge in [0.1, 0.15) is 28.1 Å². The van der Waals surface area contributed by atoms with E-state index in [-0.39, 0.29) is 22.3 Å². The van der Waals surface area contributed by atoms with Gasteiger partial charge in [-0.2, -0.15) is 0 Å². The van der Waals surface area contributed by atoms with Crippen molar-refractivity contribution in [2.24, 2.45) is 0 Å². The smallest absolute Gasteiger partial charge is 0.388 e. The van der Waals surface area contributed by atoms with Gasteiger partial charge in [-0.3, -0.25) is 0 Å². The molecule has 0 bridgehead atoms. The van der Waals surface area contributed by atoms with E-state index in [1.807, 2.05) is 48.5 Å². The molecule has 0 atom stereocenters. The molecule has 196 valence electrons. The Bertz CT molecular complexity index is 1350. The molecule has 0 fully saturated rings. The number of nitro groups is 1. The van der Waals surface area contributed by atoms with Crippen LogP contribution in [-0.2, 0) is 13.1 Å². The monoisotopic (exact) mass is 535 g/mol. The normalized spacial score (nSPS) is 10.5. The summed E-state index contributed by atoms with van der Waals surface area (Å²) in [5, 5.41) is 14.0. The Kier molecular flexibility index (Phi) is 8.44. The van der Waals surface area contributed by atoms with Gasteiger partial charge in [0.15, 0.2) is 17.6 Å². The van der Waals surface area contributed by atoms with Crippen LogP contribution in [-0.4, -0.2) is 36.2 Å². The van der Waals surface area contributed by atoms with E-state index in [1.54, 1.807) is 32.5 Å². The minimum Gasteiger partial charge on any atom is -0.497 e. The van der Waals surface area contributed by atoms with E-state index in [1.165, 1.54) is 13.2 Å². The van der Waals surface area contributed by atoms with Gasteiger partial charge in [-0.1, -0.05) is 35.9 Å². The molecule has 2 heterocycles. The number of hydrogen-bond donors (Lipinski definition) is 1. The average Bonchev–Trinajstić information content (AvgIpc) is 2.94. The molecule has 0 unspecified atom stereocenters. The highest BCUT2D eigenvalue weighted by Gasteiger charge is 2.23.